The van der Waals surface area contributed by atoms with Gasteiger partial charge in [0.05, 0.1) is 35.7 Å². The van der Waals surface area contributed by atoms with E-state index in [0.29, 0.717) is 0 Å². The predicted molar refractivity (Wildman–Crippen MR) is 139 cm³/mol. The number of carbonyl (C=O) groups excluding carboxylic acids is 4. The molecule has 40 heavy (non-hydrogen) atoms. The summed E-state index contributed by atoms with van der Waals surface area (Å²) in [5, 5.41) is 35.3. The zero-order chi connectivity index (χ0) is 29.4. The molecule has 4 fully saturated rings. The van der Waals surface area contributed by atoms with E-state index in [0.717, 1.165) is 0 Å². The first-order chi connectivity index (χ1) is 18.6. The van der Waals surface area contributed by atoms with E-state index in [9.17, 15) is 34.5 Å². The highest BCUT2D eigenvalue weighted by molar-refractivity contribution is 6.40. The van der Waals surface area contributed by atoms with Gasteiger partial charge in [-0.3, -0.25) is 14.4 Å². The number of ether oxygens (including phenoxy) is 3. The fourth-order valence-corrected chi connectivity index (χ4v) is 8.16. The van der Waals surface area contributed by atoms with Crippen LogP contribution in [0.1, 0.15) is 64.2 Å². The second kappa shape index (κ2) is 9.44. The average molecular weight is 559 g/mol. The number of hydrogen-bond donors (Lipinski definition) is 3. The van der Waals surface area contributed by atoms with Crippen LogP contribution in [0.25, 0.3) is 0 Å². The monoisotopic (exact) mass is 558 g/mol. The number of rotatable bonds is 3. The summed E-state index contributed by atoms with van der Waals surface area (Å²) < 4.78 is 17.8. The van der Waals surface area contributed by atoms with E-state index in [1.807, 2.05) is 0 Å². The second-order valence-corrected chi connectivity index (χ2v) is 12.8. The van der Waals surface area contributed by atoms with Crippen LogP contribution < -0.4 is 0 Å². The molecule has 3 N–H and O–H groups in total. The third-order valence-corrected chi connectivity index (χ3v) is 10.6. The van der Waals surface area contributed by atoms with Crippen LogP contribution in [-0.2, 0) is 28.6 Å². The Hall–Kier alpha value is -2.66. The van der Waals surface area contributed by atoms with Crippen LogP contribution in [0.2, 0.25) is 0 Å². The van der Waals surface area contributed by atoms with Gasteiger partial charge in [0.2, 0.25) is 11.6 Å². The van der Waals surface area contributed by atoms with Crippen molar-refractivity contribution in [2.75, 3.05) is 6.61 Å². The molecule has 1 aliphatic heterocycles. The van der Waals surface area contributed by atoms with E-state index >= 15 is 0 Å². The number of aliphatic hydroxyl groups excluding tert-OH is 2. The summed E-state index contributed by atoms with van der Waals surface area (Å²) in [5.41, 5.74) is -6.66. The lowest BCUT2D eigenvalue weighted by molar-refractivity contribution is -0.345. The number of Topliss-reactive ketones (excluding diaryl/α,β-unsaturated/α-hetero) is 2. The molecular formula is C30H38O10. The summed E-state index contributed by atoms with van der Waals surface area (Å²) in [5.74, 6) is -6.42. The molecule has 1 saturated heterocycles. The van der Waals surface area contributed by atoms with Crippen LogP contribution in [0.3, 0.4) is 0 Å². The van der Waals surface area contributed by atoms with Gasteiger partial charge in [-0.2, -0.15) is 0 Å². The zero-order valence-corrected chi connectivity index (χ0v) is 23.5. The number of ketones is 2. The van der Waals surface area contributed by atoms with Crippen LogP contribution in [0.4, 0.5) is 0 Å². The molecule has 5 rings (SSSR count). The average Bonchev–Trinajstić information content (AvgIpc) is 2.96. The molecule has 3 saturated carbocycles. The molecule has 0 spiro atoms. The third-order valence-electron chi connectivity index (χ3n) is 10.6. The first kappa shape index (κ1) is 28.9. The van der Waals surface area contributed by atoms with Crippen molar-refractivity contribution in [1.29, 1.82) is 0 Å². The van der Waals surface area contributed by atoms with Gasteiger partial charge in [-0.25, -0.2) is 4.79 Å². The Kier molecular flexibility index (Phi) is 6.81. The fourth-order valence-electron chi connectivity index (χ4n) is 8.16. The standard InChI is InChI=1S/C30H38O10/c1-15-18(32)11-12-30(37)25(39-26(36)17-9-7-6-8-10-17)23-28(5,24(35)22(34)21(15)27(30,3)4)19(33)13-20-29(23,14-38-20)40-16(2)31/h6-10,15,18-21,23,25,32-33,37H,11-14H2,1-5H3/t15?,18-,19-,20+,21?,23-,25-,28+,29-,30+/m0/s1. The van der Waals surface area contributed by atoms with Crippen LogP contribution in [0.5, 0.6) is 0 Å². The number of aliphatic hydroxyl groups is 3. The lowest BCUT2D eigenvalue weighted by Gasteiger charge is -2.66. The largest absolute Gasteiger partial charge is 0.455 e. The Labute approximate surface area is 233 Å². The van der Waals surface area contributed by atoms with Crippen LogP contribution >= 0.6 is 0 Å². The molecule has 0 aromatic heterocycles. The Morgan fingerprint density at radius 2 is 1.73 bits per heavy atom. The molecule has 218 valence electrons. The fraction of sp³-hybridized carbons (Fsp3) is 0.667. The minimum absolute atomic E-state index is 0.0605. The maximum Gasteiger partial charge on any atom is 0.338 e. The van der Waals surface area contributed by atoms with E-state index in [2.05, 4.69) is 0 Å². The van der Waals surface area contributed by atoms with Crippen molar-refractivity contribution in [2.45, 2.75) is 89.5 Å². The molecule has 10 atom stereocenters. The molecule has 1 heterocycles. The molecule has 3 aliphatic carbocycles. The normalized spacial score (nSPS) is 44.0. The molecule has 10 heteroatoms. The van der Waals surface area contributed by atoms with Crippen molar-refractivity contribution < 1.29 is 48.7 Å². The van der Waals surface area contributed by atoms with E-state index < -0.39 is 87.7 Å². The van der Waals surface area contributed by atoms with Crippen molar-refractivity contribution in [3.63, 3.8) is 0 Å². The minimum atomic E-state index is -1.99. The second-order valence-electron chi connectivity index (χ2n) is 12.8. The maximum absolute atomic E-state index is 14.3. The van der Waals surface area contributed by atoms with E-state index in [1.54, 1.807) is 51.1 Å². The molecule has 10 nitrogen and oxygen atoms in total. The molecule has 0 radical (unpaired) electrons. The molecule has 0 amide bonds. The first-order valence-corrected chi connectivity index (χ1v) is 13.9. The number of fused-ring (bicyclic) bond motifs is 5. The number of benzene rings is 1. The summed E-state index contributed by atoms with van der Waals surface area (Å²) in [6.07, 6.45) is -4.98. The molecule has 1 aromatic carbocycles. The summed E-state index contributed by atoms with van der Waals surface area (Å²) in [6, 6.07) is 8.12. The highest BCUT2D eigenvalue weighted by Crippen LogP contribution is 2.63. The lowest BCUT2D eigenvalue weighted by Crippen LogP contribution is -2.81. The highest BCUT2D eigenvalue weighted by atomic mass is 16.6. The molecular weight excluding hydrogens is 520 g/mol. The van der Waals surface area contributed by atoms with Gasteiger partial charge in [0.1, 0.15) is 17.8 Å². The van der Waals surface area contributed by atoms with E-state index in [-0.39, 0.29) is 31.4 Å². The minimum Gasteiger partial charge on any atom is -0.455 e. The predicted octanol–water partition coefficient (Wildman–Crippen LogP) is 1.62. The topological polar surface area (TPSA) is 157 Å². The Bertz CT molecular complexity index is 1230. The van der Waals surface area contributed by atoms with Gasteiger partial charge in [0.25, 0.3) is 0 Å². The van der Waals surface area contributed by atoms with Crippen molar-refractivity contribution in [2.24, 2.45) is 28.6 Å². The van der Waals surface area contributed by atoms with Gasteiger partial charge in [0.15, 0.2) is 5.60 Å². The van der Waals surface area contributed by atoms with Crippen molar-refractivity contribution in [3.05, 3.63) is 35.9 Å². The smallest absolute Gasteiger partial charge is 0.338 e. The third kappa shape index (κ3) is 3.76. The number of esters is 2. The van der Waals surface area contributed by atoms with Gasteiger partial charge in [0, 0.05) is 24.7 Å². The summed E-state index contributed by atoms with van der Waals surface area (Å²) in [6.45, 7) is 7.37. The lowest BCUT2D eigenvalue weighted by atomic mass is 9.45. The Morgan fingerprint density at radius 3 is 2.30 bits per heavy atom. The Balaban J connectivity index is 1.81. The van der Waals surface area contributed by atoms with Crippen LogP contribution in [0.15, 0.2) is 30.3 Å². The Morgan fingerprint density at radius 1 is 1.07 bits per heavy atom. The molecule has 4 aliphatic rings. The van der Waals surface area contributed by atoms with Gasteiger partial charge in [-0.1, -0.05) is 39.0 Å². The van der Waals surface area contributed by atoms with Crippen molar-refractivity contribution in [3.8, 4) is 0 Å². The van der Waals surface area contributed by atoms with E-state index in [4.69, 9.17) is 14.2 Å². The SMILES string of the molecule is CC(=O)O[C@@]12CO[C@@H]1C[C@H](O)[C@@]1(C)C(=O)C(=O)C3C(C)[C@@H](O)CC[C@@](O)([C@@H](OC(=O)c4ccccc4)[C@H]21)C3(C)C. The summed E-state index contributed by atoms with van der Waals surface area (Å²) in [4.78, 5) is 54.6. The maximum atomic E-state index is 14.3. The van der Waals surface area contributed by atoms with E-state index in [1.165, 1.54) is 13.8 Å². The summed E-state index contributed by atoms with van der Waals surface area (Å²) >= 11 is 0. The molecule has 2 bridgehead atoms. The molecule has 2 unspecified atom stereocenters. The van der Waals surface area contributed by atoms with Gasteiger partial charge in [-0.05, 0) is 37.8 Å². The van der Waals surface area contributed by atoms with Crippen molar-refractivity contribution in [1.82, 2.24) is 0 Å². The number of carbonyl (C=O) groups is 4. The van der Waals surface area contributed by atoms with Crippen molar-refractivity contribution >= 4 is 23.5 Å². The van der Waals surface area contributed by atoms with Crippen LogP contribution in [0, 0.1) is 28.6 Å². The zero-order valence-electron chi connectivity index (χ0n) is 23.5. The quantitative estimate of drug-likeness (QED) is 0.368. The van der Waals surface area contributed by atoms with Gasteiger partial charge < -0.3 is 29.5 Å². The van der Waals surface area contributed by atoms with Gasteiger partial charge in [-0.15, -0.1) is 0 Å². The van der Waals surface area contributed by atoms with Crippen LogP contribution in [-0.4, -0.2) is 81.0 Å². The first-order valence-electron chi connectivity index (χ1n) is 13.9. The highest BCUT2D eigenvalue weighted by Gasteiger charge is 2.78. The summed E-state index contributed by atoms with van der Waals surface area (Å²) in [7, 11) is 0. The number of hydrogen-bond acceptors (Lipinski definition) is 10. The molecule has 1 aromatic rings. The van der Waals surface area contributed by atoms with Gasteiger partial charge >= 0.3 is 11.9 Å².